The number of amides is 1. The summed E-state index contributed by atoms with van der Waals surface area (Å²) < 4.78 is 5.27. The predicted molar refractivity (Wildman–Crippen MR) is 88.3 cm³/mol. The van der Waals surface area contributed by atoms with Crippen molar-refractivity contribution in [2.75, 3.05) is 32.1 Å². The van der Waals surface area contributed by atoms with Gasteiger partial charge in [-0.1, -0.05) is 6.92 Å². The Morgan fingerprint density at radius 1 is 1.36 bits per heavy atom. The molecule has 1 saturated carbocycles. The number of nitrogens with zero attached hydrogens (tertiary/aromatic N) is 3. The zero-order valence-electron chi connectivity index (χ0n) is 14.1. The van der Waals surface area contributed by atoms with Gasteiger partial charge >= 0.3 is 0 Å². The number of rotatable bonds is 7. The van der Waals surface area contributed by atoms with Crippen LogP contribution in [0.25, 0.3) is 0 Å². The second kappa shape index (κ2) is 7.58. The molecule has 5 heteroatoms. The summed E-state index contributed by atoms with van der Waals surface area (Å²) in [4.78, 5) is 21.0. The highest BCUT2D eigenvalue weighted by Crippen LogP contribution is 2.28. The van der Waals surface area contributed by atoms with E-state index < -0.39 is 0 Å². The standard InChI is InChI=1S/C17H27N3O2/c1-5-9-20(6-2)16-8-7-13(12-18-16)17(21)19(3)14-10-15(11-14)22-4/h7-8,12,14-15H,5-6,9-11H2,1-4H3. The molecular formula is C17H27N3O2. The predicted octanol–water partition coefficient (Wildman–Crippen LogP) is 2.57. The van der Waals surface area contributed by atoms with Gasteiger partial charge in [-0.05, 0) is 38.3 Å². The second-order valence-electron chi connectivity index (χ2n) is 5.88. The summed E-state index contributed by atoms with van der Waals surface area (Å²) in [5, 5.41) is 0. The lowest BCUT2D eigenvalue weighted by Crippen LogP contribution is -2.48. The fourth-order valence-corrected chi connectivity index (χ4v) is 2.82. The maximum atomic E-state index is 12.5. The molecule has 0 unspecified atom stereocenters. The Kier molecular flexibility index (Phi) is 5.77. The number of hydrogen-bond donors (Lipinski definition) is 0. The molecule has 0 bridgehead atoms. The maximum Gasteiger partial charge on any atom is 0.255 e. The molecule has 0 atom stereocenters. The smallest absolute Gasteiger partial charge is 0.255 e. The average molecular weight is 305 g/mol. The first-order valence-electron chi connectivity index (χ1n) is 8.11. The van der Waals surface area contributed by atoms with Gasteiger partial charge in [0, 0.05) is 39.5 Å². The highest BCUT2D eigenvalue weighted by Gasteiger charge is 2.34. The Hall–Kier alpha value is -1.62. The molecule has 22 heavy (non-hydrogen) atoms. The Morgan fingerprint density at radius 3 is 2.59 bits per heavy atom. The van der Waals surface area contributed by atoms with Gasteiger partial charge < -0.3 is 14.5 Å². The summed E-state index contributed by atoms with van der Waals surface area (Å²) in [7, 11) is 3.59. The van der Waals surface area contributed by atoms with Gasteiger partial charge in [0.15, 0.2) is 0 Å². The van der Waals surface area contributed by atoms with Crippen LogP contribution in [0.1, 0.15) is 43.5 Å². The van der Waals surface area contributed by atoms with Crippen molar-refractivity contribution >= 4 is 11.7 Å². The van der Waals surface area contributed by atoms with E-state index in [1.54, 1.807) is 13.3 Å². The van der Waals surface area contributed by atoms with E-state index >= 15 is 0 Å². The van der Waals surface area contributed by atoms with Gasteiger partial charge in [0.05, 0.1) is 11.7 Å². The van der Waals surface area contributed by atoms with Crippen molar-refractivity contribution in [1.29, 1.82) is 0 Å². The molecule has 5 nitrogen and oxygen atoms in total. The van der Waals surface area contributed by atoms with Crippen LogP contribution in [0.2, 0.25) is 0 Å². The molecule has 0 aliphatic heterocycles. The zero-order chi connectivity index (χ0) is 16.1. The molecule has 1 aromatic heterocycles. The quantitative estimate of drug-likeness (QED) is 0.777. The van der Waals surface area contributed by atoms with Crippen molar-refractivity contribution < 1.29 is 9.53 Å². The number of hydrogen-bond acceptors (Lipinski definition) is 4. The Morgan fingerprint density at radius 2 is 2.09 bits per heavy atom. The third kappa shape index (κ3) is 3.58. The third-order valence-corrected chi connectivity index (χ3v) is 4.47. The summed E-state index contributed by atoms with van der Waals surface area (Å²) in [6, 6.07) is 4.11. The molecule has 1 aromatic rings. The Labute approximate surface area is 133 Å². The number of anilines is 1. The molecule has 0 radical (unpaired) electrons. The molecule has 122 valence electrons. The molecule has 1 amide bonds. The first-order valence-corrected chi connectivity index (χ1v) is 8.11. The van der Waals surface area contributed by atoms with Gasteiger partial charge in [-0.15, -0.1) is 0 Å². The minimum Gasteiger partial charge on any atom is -0.381 e. The zero-order valence-corrected chi connectivity index (χ0v) is 14.1. The van der Waals surface area contributed by atoms with Crippen LogP contribution in [0.3, 0.4) is 0 Å². The molecule has 0 N–H and O–H groups in total. The van der Waals surface area contributed by atoms with Gasteiger partial charge in [-0.3, -0.25) is 4.79 Å². The normalized spacial score (nSPS) is 20.4. The summed E-state index contributed by atoms with van der Waals surface area (Å²) in [5.74, 6) is 0.976. The van der Waals surface area contributed by atoms with E-state index in [1.165, 1.54) is 0 Å². The molecule has 1 fully saturated rings. The van der Waals surface area contributed by atoms with E-state index in [0.29, 0.717) is 11.7 Å². The van der Waals surface area contributed by atoms with Gasteiger partial charge in [0.2, 0.25) is 0 Å². The lowest BCUT2D eigenvalue weighted by atomic mass is 9.88. The molecule has 0 aromatic carbocycles. The van der Waals surface area contributed by atoms with Crippen molar-refractivity contribution in [3.8, 4) is 0 Å². The highest BCUT2D eigenvalue weighted by atomic mass is 16.5. The number of methoxy groups -OCH3 is 1. The van der Waals surface area contributed by atoms with Crippen LogP contribution >= 0.6 is 0 Å². The van der Waals surface area contributed by atoms with Crippen molar-refractivity contribution in [3.05, 3.63) is 23.9 Å². The first-order chi connectivity index (χ1) is 10.6. The molecule has 2 rings (SSSR count). The van der Waals surface area contributed by atoms with E-state index in [2.05, 4.69) is 23.7 Å². The number of aromatic nitrogens is 1. The molecule has 1 aliphatic carbocycles. The minimum atomic E-state index is 0.0390. The van der Waals surface area contributed by atoms with Gasteiger partial charge in [0.25, 0.3) is 5.91 Å². The SMILES string of the molecule is CCCN(CC)c1ccc(C(=O)N(C)C2CC(OC)C2)cn1. The van der Waals surface area contributed by atoms with Crippen LogP contribution in [0, 0.1) is 0 Å². The van der Waals surface area contributed by atoms with Crippen LogP contribution in [0.15, 0.2) is 18.3 Å². The minimum absolute atomic E-state index is 0.0390. The van der Waals surface area contributed by atoms with Crippen LogP contribution in [0.4, 0.5) is 5.82 Å². The lowest BCUT2D eigenvalue weighted by molar-refractivity contribution is -0.0144. The average Bonchev–Trinajstić information content (AvgIpc) is 2.51. The van der Waals surface area contributed by atoms with Crippen molar-refractivity contribution in [3.63, 3.8) is 0 Å². The van der Waals surface area contributed by atoms with Gasteiger partial charge in [-0.2, -0.15) is 0 Å². The number of carbonyl (C=O) groups excluding carboxylic acids is 1. The molecule has 0 saturated heterocycles. The Bertz CT molecular complexity index is 483. The summed E-state index contributed by atoms with van der Waals surface area (Å²) in [6.07, 6.45) is 4.92. The fraction of sp³-hybridized carbons (Fsp3) is 0.647. The monoisotopic (exact) mass is 305 g/mol. The summed E-state index contributed by atoms with van der Waals surface area (Å²) >= 11 is 0. The van der Waals surface area contributed by atoms with E-state index in [0.717, 1.165) is 38.2 Å². The van der Waals surface area contributed by atoms with E-state index in [1.807, 2.05) is 24.1 Å². The second-order valence-corrected chi connectivity index (χ2v) is 5.88. The van der Waals surface area contributed by atoms with Crippen LogP contribution in [-0.2, 0) is 4.74 Å². The molecule has 1 heterocycles. The van der Waals surface area contributed by atoms with Gasteiger partial charge in [0.1, 0.15) is 5.82 Å². The molecular weight excluding hydrogens is 278 g/mol. The number of carbonyl (C=O) groups is 1. The summed E-state index contributed by atoms with van der Waals surface area (Å²) in [5.41, 5.74) is 0.652. The van der Waals surface area contributed by atoms with Gasteiger partial charge in [-0.25, -0.2) is 4.98 Å². The number of pyridine rings is 1. The van der Waals surface area contributed by atoms with Crippen molar-refractivity contribution in [2.45, 2.75) is 45.3 Å². The summed E-state index contributed by atoms with van der Waals surface area (Å²) in [6.45, 7) is 6.18. The van der Waals surface area contributed by atoms with Crippen LogP contribution in [0.5, 0.6) is 0 Å². The third-order valence-electron chi connectivity index (χ3n) is 4.47. The van der Waals surface area contributed by atoms with E-state index in [9.17, 15) is 4.79 Å². The molecule has 1 aliphatic rings. The largest absolute Gasteiger partial charge is 0.381 e. The van der Waals surface area contributed by atoms with E-state index in [4.69, 9.17) is 4.74 Å². The van der Waals surface area contributed by atoms with E-state index in [-0.39, 0.29) is 11.9 Å². The maximum absolute atomic E-state index is 12.5. The molecule has 0 spiro atoms. The lowest BCUT2D eigenvalue weighted by Gasteiger charge is -2.40. The topological polar surface area (TPSA) is 45.7 Å². The first kappa shape index (κ1) is 16.7. The van der Waals surface area contributed by atoms with Crippen molar-refractivity contribution in [1.82, 2.24) is 9.88 Å². The highest BCUT2D eigenvalue weighted by molar-refractivity contribution is 5.94. The van der Waals surface area contributed by atoms with Crippen LogP contribution in [-0.4, -0.2) is 55.2 Å². The number of ether oxygens (including phenoxy) is 1. The van der Waals surface area contributed by atoms with Crippen LogP contribution < -0.4 is 4.90 Å². The Balaban J connectivity index is 1.99. The fourth-order valence-electron chi connectivity index (χ4n) is 2.82. The van der Waals surface area contributed by atoms with Crippen molar-refractivity contribution in [2.24, 2.45) is 0 Å².